The van der Waals surface area contributed by atoms with Crippen molar-refractivity contribution in [1.29, 1.82) is 0 Å². The van der Waals surface area contributed by atoms with Gasteiger partial charge in [0, 0.05) is 18.8 Å². The third-order valence-corrected chi connectivity index (χ3v) is 3.05. The Morgan fingerprint density at radius 2 is 2.16 bits per heavy atom. The van der Waals surface area contributed by atoms with Gasteiger partial charge in [-0.3, -0.25) is 4.98 Å². The van der Waals surface area contributed by atoms with Gasteiger partial charge in [0.15, 0.2) is 0 Å². The molecule has 0 unspecified atom stereocenters. The molecule has 1 aromatic carbocycles. The van der Waals surface area contributed by atoms with Crippen LogP contribution in [0.4, 0.5) is 0 Å². The number of hydrogen-bond donors (Lipinski definition) is 1. The molecular weight excluding hydrogens is 238 g/mol. The highest BCUT2D eigenvalue weighted by Crippen LogP contribution is 2.22. The Hall–Kier alpha value is -1.87. The fourth-order valence-corrected chi connectivity index (χ4v) is 1.92. The first-order chi connectivity index (χ1) is 9.16. The number of benzene rings is 1. The minimum absolute atomic E-state index is 0.442. The molecular formula is C16H19NO2. The summed E-state index contributed by atoms with van der Waals surface area (Å²) >= 11 is 0. The molecule has 100 valence electrons. The molecule has 0 saturated heterocycles. The third-order valence-electron chi connectivity index (χ3n) is 3.05. The van der Waals surface area contributed by atoms with Crippen molar-refractivity contribution in [3.63, 3.8) is 0 Å². The summed E-state index contributed by atoms with van der Waals surface area (Å²) in [6.45, 7) is 4.38. The zero-order chi connectivity index (χ0) is 13.7. The summed E-state index contributed by atoms with van der Waals surface area (Å²) in [5.41, 5.74) is 3.13. The molecule has 1 N–H and O–H groups in total. The molecule has 2 rings (SSSR count). The molecule has 0 fully saturated rings. The van der Waals surface area contributed by atoms with Crippen LogP contribution in [0.25, 0.3) is 0 Å². The predicted octanol–water partition coefficient (Wildman–Crippen LogP) is 3.06. The summed E-state index contributed by atoms with van der Waals surface area (Å²) in [7, 11) is 0. The maximum atomic E-state index is 9.52. The summed E-state index contributed by atoms with van der Waals surface area (Å²) in [5.74, 6) is 0.869. The molecule has 1 atom stereocenters. The van der Waals surface area contributed by atoms with E-state index in [9.17, 15) is 5.11 Å². The molecule has 0 amide bonds. The van der Waals surface area contributed by atoms with E-state index in [0.717, 1.165) is 23.3 Å². The van der Waals surface area contributed by atoms with Crippen LogP contribution in [-0.4, -0.2) is 16.7 Å². The van der Waals surface area contributed by atoms with Crippen molar-refractivity contribution in [3.8, 4) is 5.75 Å². The van der Waals surface area contributed by atoms with Crippen LogP contribution in [0.2, 0.25) is 0 Å². The number of nitrogens with zero attached hydrogens (tertiary/aromatic N) is 1. The van der Waals surface area contributed by atoms with Gasteiger partial charge in [-0.1, -0.05) is 12.1 Å². The van der Waals surface area contributed by atoms with Crippen LogP contribution in [-0.2, 0) is 6.42 Å². The quantitative estimate of drug-likeness (QED) is 0.895. The molecule has 0 spiro atoms. The van der Waals surface area contributed by atoms with Crippen LogP contribution in [0, 0.1) is 6.92 Å². The largest absolute Gasteiger partial charge is 0.493 e. The summed E-state index contributed by atoms with van der Waals surface area (Å²) in [6.07, 6.45) is 4.02. The molecule has 0 radical (unpaired) electrons. The molecule has 1 heterocycles. The fourth-order valence-electron chi connectivity index (χ4n) is 1.92. The lowest BCUT2D eigenvalue weighted by Crippen LogP contribution is -2.03. The van der Waals surface area contributed by atoms with Crippen LogP contribution in [0.3, 0.4) is 0 Å². The first kappa shape index (κ1) is 13.6. The molecule has 0 saturated carbocycles. The maximum absolute atomic E-state index is 9.52. The minimum Gasteiger partial charge on any atom is -0.493 e. The van der Waals surface area contributed by atoms with Crippen molar-refractivity contribution < 1.29 is 9.84 Å². The standard InChI is InChI=1S/C16H19NO2/c1-12-10-15(13(2)18)5-6-16(12)19-9-7-14-4-3-8-17-11-14/h3-6,8,10-11,13,18H,7,9H2,1-2H3/t13-/m0/s1. The summed E-state index contributed by atoms with van der Waals surface area (Å²) in [4.78, 5) is 4.08. The molecule has 3 heteroatoms. The maximum Gasteiger partial charge on any atom is 0.122 e. The summed E-state index contributed by atoms with van der Waals surface area (Å²) < 4.78 is 5.77. The fraction of sp³-hybridized carbons (Fsp3) is 0.312. The molecule has 0 aliphatic carbocycles. The van der Waals surface area contributed by atoms with Gasteiger partial charge in [0.2, 0.25) is 0 Å². The van der Waals surface area contributed by atoms with Gasteiger partial charge in [0.1, 0.15) is 5.75 Å². The minimum atomic E-state index is -0.442. The van der Waals surface area contributed by atoms with Crippen LogP contribution in [0.15, 0.2) is 42.7 Å². The van der Waals surface area contributed by atoms with Gasteiger partial charge in [0.25, 0.3) is 0 Å². The SMILES string of the molecule is Cc1cc([C@H](C)O)ccc1OCCc1cccnc1. The normalized spacial score (nSPS) is 12.2. The van der Waals surface area contributed by atoms with Crippen LogP contribution >= 0.6 is 0 Å². The van der Waals surface area contributed by atoms with Gasteiger partial charge in [-0.05, 0) is 48.7 Å². The average molecular weight is 257 g/mol. The van der Waals surface area contributed by atoms with Gasteiger partial charge in [-0.2, -0.15) is 0 Å². The van der Waals surface area contributed by atoms with Crippen molar-refractivity contribution >= 4 is 0 Å². The first-order valence-electron chi connectivity index (χ1n) is 6.47. The van der Waals surface area contributed by atoms with Crippen LogP contribution < -0.4 is 4.74 Å². The number of aryl methyl sites for hydroxylation is 1. The van der Waals surface area contributed by atoms with Crippen LogP contribution in [0.5, 0.6) is 5.75 Å². The van der Waals surface area contributed by atoms with E-state index in [1.807, 2.05) is 43.5 Å². The summed E-state index contributed by atoms with van der Waals surface area (Å²) in [5, 5.41) is 9.52. The Balaban J connectivity index is 1.93. The molecule has 0 aliphatic rings. The highest BCUT2D eigenvalue weighted by atomic mass is 16.5. The van der Waals surface area contributed by atoms with E-state index in [4.69, 9.17) is 4.74 Å². The van der Waals surface area contributed by atoms with Gasteiger partial charge >= 0.3 is 0 Å². The van der Waals surface area contributed by atoms with E-state index in [1.54, 1.807) is 13.1 Å². The van der Waals surface area contributed by atoms with E-state index in [-0.39, 0.29) is 0 Å². The lowest BCUT2D eigenvalue weighted by molar-refractivity contribution is 0.199. The Morgan fingerprint density at radius 3 is 2.79 bits per heavy atom. The smallest absolute Gasteiger partial charge is 0.122 e. The van der Waals surface area contributed by atoms with E-state index in [2.05, 4.69) is 4.98 Å². The Bertz CT molecular complexity index is 524. The van der Waals surface area contributed by atoms with Crippen LogP contribution in [0.1, 0.15) is 29.7 Å². The zero-order valence-electron chi connectivity index (χ0n) is 11.3. The first-order valence-corrected chi connectivity index (χ1v) is 6.47. The number of aromatic nitrogens is 1. The van der Waals surface area contributed by atoms with Crippen molar-refractivity contribution in [3.05, 3.63) is 59.4 Å². The molecule has 2 aromatic rings. The van der Waals surface area contributed by atoms with E-state index in [0.29, 0.717) is 6.61 Å². The van der Waals surface area contributed by atoms with Crippen molar-refractivity contribution in [1.82, 2.24) is 4.98 Å². The van der Waals surface area contributed by atoms with Gasteiger partial charge in [-0.25, -0.2) is 0 Å². The molecule has 0 bridgehead atoms. The van der Waals surface area contributed by atoms with E-state index in [1.165, 1.54) is 5.56 Å². The number of aliphatic hydroxyl groups excluding tert-OH is 1. The average Bonchev–Trinajstić information content (AvgIpc) is 2.41. The molecule has 1 aromatic heterocycles. The Morgan fingerprint density at radius 1 is 1.32 bits per heavy atom. The number of aliphatic hydroxyl groups is 1. The van der Waals surface area contributed by atoms with Crippen molar-refractivity contribution in [2.45, 2.75) is 26.4 Å². The van der Waals surface area contributed by atoms with Gasteiger partial charge in [0.05, 0.1) is 12.7 Å². The number of rotatable bonds is 5. The summed E-state index contributed by atoms with van der Waals surface area (Å²) in [6, 6.07) is 9.75. The predicted molar refractivity (Wildman–Crippen MR) is 75.2 cm³/mol. The van der Waals surface area contributed by atoms with E-state index < -0.39 is 6.10 Å². The highest BCUT2D eigenvalue weighted by Gasteiger charge is 2.05. The lowest BCUT2D eigenvalue weighted by atomic mass is 10.1. The zero-order valence-corrected chi connectivity index (χ0v) is 11.3. The van der Waals surface area contributed by atoms with E-state index >= 15 is 0 Å². The van der Waals surface area contributed by atoms with Gasteiger partial charge in [-0.15, -0.1) is 0 Å². The highest BCUT2D eigenvalue weighted by molar-refractivity contribution is 5.36. The second-order valence-electron chi connectivity index (χ2n) is 4.66. The monoisotopic (exact) mass is 257 g/mol. The second kappa shape index (κ2) is 6.34. The molecule has 0 aliphatic heterocycles. The Labute approximate surface area is 113 Å². The molecule has 3 nitrogen and oxygen atoms in total. The topological polar surface area (TPSA) is 42.4 Å². The molecule has 19 heavy (non-hydrogen) atoms. The van der Waals surface area contributed by atoms with Crippen molar-refractivity contribution in [2.24, 2.45) is 0 Å². The number of pyridine rings is 1. The lowest BCUT2D eigenvalue weighted by Gasteiger charge is -2.12. The van der Waals surface area contributed by atoms with Crippen molar-refractivity contribution in [2.75, 3.05) is 6.61 Å². The van der Waals surface area contributed by atoms with Gasteiger partial charge < -0.3 is 9.84 Å². The number of hydrogen-bond acceptors (Lipinski definition) is 3. The Kier molecular flexibility index (Phi) is 4.53. The third kappa shape index (κ3) is 3.80. The number of ether oxygens (including phenoxy) is 1. The second-order valence-corrected chi connectivity index (χ2v) is 4.66.